The predicted molar refractivity (Wildman–Crippen MR) is 89.8 cm³/mol. The molecule has 1 N–H and O–H groups in total. The number of halogens is 1. The SMILES string of the molecule is CS(=O)(=O)NC1CC12CCN(C(=O)Cc1ccc(Cl)cc1)CC2. The molecular formula is C16H21ClN2O3S. The van der Waals surface area contributed by atoms with E-state index in [-0.39, 0.29) is 17.4 Å². The topological polar surface area (TPSA) is 66.5 Å². The number of nitrogens with zero attached hydrogens (tertiary/aromatic N) is 1. The molecule has 1 saturated heterocycles. The number of piperidine rings is 1. The lowest BCUT2D eigenvalue weighted by Crippen LogP contribution is -2.42. The van der Waals surface area contributed by atoms with Gasteiger partial charge in [-0.05, 0) is 42.4 Å². The lowest BCUT2D eigenvalue weighted by molar-refractivity contribution is -0.132. The first-order valence-electron chi connectivity index (χ1n) is 7.77. The molecule has 1 aliphatic heterocycles. The fraction of sp³-hybridized carbons (Fsp3) is 0.562. The molecule has 126 valence electrons. The second-order valence-corrected chi connectivity index (χ2v) is 8.91. The Bertz CT molecular complexity index is 695. The van der Waals surface area contributed by atoms with Crippen LogP contribution in [0.25, 0.3) is 0 Å². The van der Waals surface area contributed by atoms with Crippen LogP contribution in [0.5, 0.6) is 0 Å². The van der Waals surface area contributed by atoms with Crippen LogP contribution in [-0.2, 0) is 21.2 Å². The molecule has 1 aromatic carbocycles. The maximum absolute atomic E-state index is 12.4. The number of likely N-dealkylation sites (tertiary alicyclic amines) is 1. The third kappa shape index (κ3) is 4.05. The Kier molecular flexibility index (Phi) is 4.42. The standard InChI is InChI=1S/C16H21ClN2O3S/c1-23(21,22)18-14-11-16(14)6-8-19(9-7-16)15(20)10-12-2-4-13(17)5-3-12/h2-5,14,18H,6-11H2,1H3. The minimum absolute atomic E-state index is 0.0472. The Morgan fingerprint density at radius 2 is 1.91 bits per heavy atom. The van der Waals surface area contributed by atoms with Gasteiger partial charge in [-0.3, -0.25) is 4.79 Å². The number of carbonyl (C=O) groups excluding carboxylic acids is 1. The number of nitrogens with one attached hydrogen (secondary N) is 1. The highest BCUT2D eigenvalue weighted by Crippen LogP contribution is 2.54. The summed E-state index contributed by atoms with van der Waals surface area (Å²) in [6.07, 6.45) is 4.21. The summed E-state index contributed by atoms with van der Waals surface area (Å²) >= 11 is 5.85. The van der Waals surface area contributed by atoms with Crippen LogP contribution >= 0.6 is 11.6 Å². The van der Waals surface area contributed by atoms with Gasteiger partial charge in [-0.25, -0.2) is 13.1 Å². The lowest BCUT2D eigenvalue weighted by Gasteiger charge is -2.33. The molecular weight excluding hydrogens is 336 g/mol. The molecule has 1 saturated carbocycles. The van der Waals surface area contributed by atoms with Gasteiger partial charge in [0.1, 0.15) is 0 Å². The van der Waals surface area contributed by atoms with Crippen molar-refractivity contribution in [1.29, 1.82) is 0 Å². The second-order valence-electron chi connectivity index (χ2n) is 6.69. The minimum Gasteiger partial charge on any atom is -0.342 e. The van der Waals surface area contributed by atoms with E-state index in [0.29, 0.717) is 24.5 Å². The highest BCUT2D eigenvalue weighted by molar-refractivity contribution is 7.88. The van der Waals surface area contributed by atoms with E-state index in [2.05, 4.69) is 4.72 Å². The van der Waals surface area contributed by atoms with E-state index in [1.165, 1.54) is 6.26 Å². The minimum atomic E-state index is -3.15. The molecule has 0 aromatic heterocycles. The smallest absolute Gasteiger partial charge is 0.226 e. The second kappa shape index (κ2) is 6.07. The zero-order valence-electron chi connectivity index (χ0n) is 13.1. The summed E-state index contributed by atoms with van der Waals surface area (Å²) in [6, 6.07) is 7.38. The van der Waals surface area contributed by atoms with Crippen LogP contribution in [0.3, 0.4) is 0 Å². The molecule has 3 rings (SSSR count). The number of hydrogen-bond donors (Lipinski definition) is 1. The van der Waals surface area contributed by atoms with Gasteiger partial charge < -0.3 is 4.90 Å². The average Bonchev–Trinajstić information content (AvgIpc) is 3.11. The van der Waals surface area contributed by atoms with E-state index in [1.54, 1.807) is 12.1 Å². The first kappa shape index (κ1) is 16.7. The van der Waals surface area contributed by atoms with Crippen molar-refractivity contribution < 1.29 is 13.2 Å². The summed E-state index contributed by atoms with van der Waals surface area (Å²) in [4.78, 5) is 14.3. The van der Waals surface area contributed by atoms with Gasteiger partial charge in [0.25, 0.3) is 0 Å². The van der Waals surface area contributed by atoms with Crippen molar-refractivity contribution in [1.82, 2.24) is 9.62 Å². The summed E-state index contributed by atoms with van der Waals surface area (Å²) in [6.45, 7) is 1.41. The van der Waals surface area contributed by atoms with Crippen LogP contribution in [0.2, 0.25) is 5.02 Å². The number of amides is 1. The molecule has 1 spiro atoms. The van der Waals surface area contributed by atoms with Crippen molar-refractivity contribution in [3.05, 3.63) is 34.9 Å². The Hall–Kier alpha value is -1.11. The molecule has 1 amide bonds. The van der Waals surface area contributed by atoms with E-state index in [9.17, 15) is 13.2 Å². The summed E-state index contributed by atoms with van der Waals surface area (Å²) < 4.78 is 25.3. The van der Waals surface area contributed by atoms with Crippen LogP contribution in [-0.4, -0.2) is 44.6 Å². The van der Waals surface area contributed by atoms with E-state index in [0.717, 1.165) is 24.8 Å². The molecule has 1 aliphatic carbocycles. The molecule has 2 fully saturated rings. The summed E-state index contributed by atoms with van der Waals surface area (Å²) in [5.41, 5.74) is 1.03. The van der Waals surface area contributed by atoms with E-state index in [4.69, 9.17) is 11.6 Å². The first-order valence-corrected chi connectivity index (χ1v) is 10.0. The van der Waals surface area contributed by atoms with Gasteiger partial charge in [-0.2, -0.15) is 0 Å². The van der Waals surface area contributed by atoms with Crippen molar-refractivity contribution >= 4 is 27.5 Å². The van der Waals surface area contributed by atoms with Gasteiger partial charge >= 0.3 is 0 Å². The first-order chi connectivity index (χ1) is 10.8. The normalized spacial score (nSPS) is 23.0. The number of rotatable bonds is 4. The molecule has 1 atom stereocenters. The molecule has 1 heterocycles. The fourth-order valence-electron chi connectivity index (χ4n) is 3.42. The van der Waals surface area contributed by atoms with Crippen LogP contribution in [0.4, 0.5) is 0 Å². The summed E-state index contributed by atoms with van der Waals surface area (Å²) in [5, 5.41) is 0.666. The van der Waals surface area contributed by atoms with E-state index >= 15 is 0 Å². The summed E-state index contributed by atoms with van der Waals surface area (Å²) in [5.74, 6) is 0.121. The molecule has 1 aromatic rings. The van der Waals surface area contributed by atoms with Gasteiger partial charge in [-0.15, -0.1) is 0 Å². The van der Waals surface area contributed by atoms with Crippen molar-refractivity contribution in [3.63, 3.8) is 0 Å². The Morgan fingerprint density at radius 3 is 2.48 bits per heavy atom. The zero-order valence-corrected chi connectivity index (χ0v) is 14.7. The van der Waals surface area contributed by atoms with Crippen molar-refractivity contribution in [2.24, 2.45) is 5.41 Å². The third-order valence-corrected chi connectivity index (χ3v) is 5.89. The fourth-order valence-corrected chi connectivity index (χ4v) is 4.39. The number of carbonyl (C=O) groups is 1. The number of hydrogen-bond acceptors (Lipinski definition) is 3. The maximum atomic E-state index is 12.4. The van der Waals surface area contributed by atoms with E-state index < -0.39 is 10.0 Å². The van der Waals surface area contributed by atoms with Crippen molar-refractivity contribution in [2.45, 2.75) is 31.7 Å². The predicted octanol–water partition coefficient (Wildman–Crippen LogP) is 1.81. The largest absolute Gasteiger partial charge is 0.342 e. The Labute approximate surface area is 142 Å². The van der Waals surface area contributed by atoms with Crippen LogP contribution < -0.4 is 4.72 Å². The lowest BCUT2D eigenvalue weighted by atomic mass is 9.92. The Balaban J connectivity index is 1.51. The molecule has 23 heavy (non-hydrogen) atoms. The molecule has 7 heteroatoms. The van der Waals surface area contributed by atoms with Crippen LogP contribution in [0, 0.1) is 5.41 Å². The van der Waals surface area contributed by atoms with Gasteiger partial charge in [0.2, 0.25) is 15.9 Å². The molecule has 0 radical (unpaired) electrons. The van der Waals surface area contributed by atoms with Gasteiger partial charge in [-0.1, -0.05) is 23.7 Å². The molecule has 2 aliphatic rings. The van der Waals surface area contributed by atoms with Gasteiger partial charge in [0.05, 0.1) is 12.7 Å². The number of sulfonamides is 1. The zero-order chi connectivity index (χ0) is 16.7. The molecule has 5 nitrogen and oxygen atoms in total. The number of benzene rings is 1. The average molecular weight is 357 g/mol. The summed E-state index contributed by atoms with van der Waals surface area (Å²) in [7, 11) is -3.15. The monoisotopic (exact) mass is 356 g/mol. The van der Waals surface area contributed by atoms with E-state index in [1.807, 2.05) is 17.0 Å². The van der Waals surface area contributed by atoms with Gasteiger partial charge in [0, 0.05) is 24.2 Å². The van der Waals surface area contributed by atoms with Crippen LogP contribution in [0.15, 0.2) is 24.3 Å². The Morgan fingerprint density at radius 1 is 1.30 bits per heavy atom. The quantitative estimate of drug-likeness (QED) is 0.894. The van der Waals surface area contributed by atoms with Gasteiger partial charge in [0.15, 0.2) is 0 Å². The van der Waals surface area contributed by atoms with Crippen molar-refractivity contribution in [2.75, 3.05) is 19.3 Å². The van der Waals surface area contributed by atoms with Crippen LogP contribution in [0.1, 0.15) is 24.8 Å². The highest BCUT2D eigenvalue weighted by Gasteiger charge is 2.56. The molecule has 0 bridgehead atoms. The molecule has 1 unspecified atom stereocenters. The third-order valence-electron chi connectivity index (χ3n) is 4.93. The maximum Gasteiger partial charge on any atom is 0.226 e. The van der Waals surface area contributed by atoms with Crippen molar-refractivity contribution in [3.8, 4) is 0 Å². The highest BCUT2D eigenvalue weighted by atomic mass is 35.5.